The van der Waals surface area contributed by atoms with E-state index in [0.29, 0.717) is 0 Å². The zero-order valence-corrected chi connectivity index (χ0v) is 8.91. The van der Waals surface area contributed by atoms with Crippen LogP contribution in [0.4, 0.5) is 5.69 Å². The monoisotopic (exact) mass is 225 g/mol. The normalized spacial score (nSPS) is 8.45. The van der Waals surface area contributed by atoms with Gasteiger partial charge in [-0.25, -0.2) is 0 Å². The van der Waals surface area contributed by atoms with E-state index in [0.717, 1.165) is 5.56 Å². The van der Waals surface area contributed by atoms with Gasteiger partial charge in [0.05, 0.1) is 0 Å². The maximum atomic E-state index is 10.1. The van der Waals surface area contributed by atoms with Gasteiger partial charge in [-0.15, -0.1) is 6.07 Å². The first kappa shape index (κ1) is 10.7. The average Bonchev–Trinajstić information content (AvgIpc) is 1.88. The van der Waals surface area contributed by atoms with Gasteiger partial charge in [0.15, 0.2) is 5.69 Å². The first-order valence-electron chi connectivity index (χ1n) is 2.82. The van der Waals surface area contributed by atoms with Gasteiger partial charge in [-0.05, 0) is 0 Å². The second-order valence-corrected chi connectivity index (χ2v) is 2.03. The largest absolute Gasteiger partial charge is 3.00 e. The Morgan fingerprint density at radius 1 is 1.55 bits per heavy atom. The molecule has 1 aromatic rings. The molecule has 0 aliphatic rings. The van der Waals surface area contributed by atoms with Crippen LogP contribution in [0.5, 0.6) is 0 Å². The van der Waals surface area contributed by atoms with Crippen LogP contribution in [0.1, 0.15) is 5.56 Å². The van der Waals surface area contributed by atoms with Crippen molar-refractivity contribution in [2.24, 2.45) is 0 Å². The van der Waals surface area contributed by atoms with E-state index in [2.05, 4.69) is 6.07 Å². The molecule has 0 spiro atoms. The Morgan fingerprint density at radius 3 is 2.55 bits per heavy atom. The molecule has 0 unspecified atom stereocenters. The number of hydrogen-bond acceptors (Lipinski definition) is 2. The van der Waals surface area contributed by atoms with E-state index in [4.69, 9.17) is 0 Å². The Kier molecular flexibility index (Phi) is 4.46. The summed E-state index contributed by atoms with van der Waals surface area (Å²) in [6.07, 6.45) is 0. The molecular weight excluding hydrogens is 219 g/mol. The number of aryl methyl sites for hydroxylation is 1. The molecule has 11 heavy (non-hydrogen) atoms. The summed E-state index contributed by atoms with van der Waals surface area (Å²) in [6, 6.07) is 7.23. The van der Waals surface area contributed by atoms with Crippen molar-refractivity contribution in [2.45, 2.75) is 6.92 Å². The SMILES string of the molecule is Cc1c[c-]cc([N+](=O)[O-])c1.[Y+3]. The molecule has 0 heterocycles. The van der Waals surface area contributed by atoms with E-state index in [1.54, 1.807) is 13.0 Å². The van der Waals surface area contributed by atoms with Gasteiger partial charge >= 0.3 is 32.7 Å². The molecule has 0 amide bonds. The van der Waals surface area contributed by atoms with Crippen LogP contribution in [0.3, 0.4) is 0 Å². The van der Waals surface area contributed by atoms with Crippen molar-refractivity contribution in [3.05, 3.63) is 39.9 Å². The predicted octanol–water partition coefficient (Wildman–Crippen LogP) is 1.70. The molecule has 0 atom stereocenters. The van der Waals surface area contributed by atoms with Crippen LogP contribution in [0, 0.1) is 23.1 Å². The van der Waals surface area contributed by atoms with Gasteiger partial charge in [0.25, 0.3) is 0 Å². The average molecular weight is 225 g/mol. The summed E-state index contributed by atoms with van der Waals surface area (Å²) in [5.74, 6) is 0. The molecule has 0 aromatic heterocycles. The molecule has 0 N–H and O–H groups in total. The summed E-state index contributed by atoms with van der Waals surface area (Å²) in [5, 5.41) is 10.1. The molecule has 0 aliphatic heterocycles. The van der Waals surface area contributed by atoms with Crippen LogP contribution in [0.25, 0.3) is 0 Å². The molecule has 4 heteroatoms. The molecule has 1 aromatic carbocycles. The number of rotatable bonds is 1. The summed E-state index contributed by atoms with van der Waals surface area (Å²) in [6.45, 7) is 1.80. The van der Waals surface area contributed by atoms with Crippen molar-refractivity contribution < 1.29 is 37.6 Å². The first-order chi connectivity index (χ1) is 4.70. The van der Waals surface area contributed by atoms with E-state index < -0.39 is 4.92 Å². The van der Waals surface area contributed by atoms with Crippen LogP contribution in [0.15, 0.2) is 18.2 Å². The summed E-state index contributed by atoms with van der Waals surface area (Å²) in [5.41, 5.74) is 0.953. The molecule has 3 nitrogen and oxygen atoms in total. The fourth-order valence-corrected chi connectivity index (χ4v) is 0.680. The molecule has 0 fully saturated rings. The van der Waals surface area contributed by atoms with Gasteiger partial charge in [0, 0.05) is 4.92 Å². The zero-order chi connectivity index (χ0) is 7.56. The van der Waals surface area contributed by atoms with Crippen molar-refractivity contribution in [2.75, 3.05) is 0 Å². The minimum Gasteiger partial charge on any atom is -0.270 e. The molecule has 0 saturated heterocycles. The summed E-state index contributed by atoms with van der Waals surface area (Å²) in [4.78, 5) is 9.71. The Labute approximate surface area is 89.8 Å². The topological polar surface area (TPSA) is 43.1 Å². The third-order valence-corrected chi connectivity index (χ3v) is 1.13. The Morgan fingerprint density at radius 2 is 2.18 bits per heavy atom. The van der Waals surface area contributed by atoms with Gasteiger partial charge in [-0.2, -0.15) is 17.7 Å². The number of nitro benzene ring substituents is 1. The molecule has 0 aliphatic carbocycles. The molecule has 0 bridgehead atoms. The Bertz CT molecular complexity index is 262. The number of benzene rings is 1. The standard InChI is InChI=1S/C7H6NO2.Y/c1-6-3-2-4-7(5-6)8(9)10;/h3-5H,1H3;/q-1;+3. The zero-order valence-electron chi connectivity index (χ0n) is 6.07. The van der Waals surface area contributed by atoms with Crippen LogP contribution in [0.2, 0.25) is 0 Å². The smallest absolute Gasteiger partial charge is 0.270 e. The predicted molar refractivity (Wildman–Crippen MR) is 36.7 cm³/mol. The molecule has 0 saturated carbocycles. The number of hydrogen-bond donors (Lipinski definition) is 0. The molecule has 0 radical (unpaired) electrons. The van der Waals surface area contributed by atoms with E-state index in [1.807, 2.05) is 0 Å². The third kappa shape index (κ3) is 3.08. The van der Waals surface area contributed by atoms with Crippen molar-refractivity contribution >= 4 is 5.69 Å². The van der Waals surface area contributed by atoms with Crippen LogP contribution in [-0.2, 0) is 32.7 Å². The van der Waals surface area contributed by atoms with Crippen LogP contribution >= 0.6 is 0 Å². The minimum absolute atomic E-state index is 0. The maximum absolute atomic E-state index is 10.1. The second kappa shape index (κ2) is 4.57. The summed E-state index contributed by atoms with van der Waals surface area (Å²) < 4.78 is 0. The van der Waals surface area contributed by atoms with Crippen molar-refractivity contribution in [3.63, 3.8) is 0 Å². The molecule has 52 valence electrons. The van der Waals surface area contributed by atoms with Crippen molar-refractivity contribution in [3.8, 4) is 0 Å². The number of non-ortho nitro benzene ring substituents is 1. The van der Waals surface area contributed by atoms with Crippen molar-refractivity contribution in [1.82, 2.24) is 0 Å². The van der Waals surface area contributed by atoms with Crippen LogP contribution < -0.4 is 0 Å². The van der Waals surface area contributed by atoms with Gasteiger partial charge < -0.3 is 0 Å². The summed E-state index contributed by atoms with van der Waals surface area (Å²) >= 11 is 0. The van der Waals surface area contributed by atoms with E-state index in [-0.39, 0.29) is 38.4 Å². The van der Waals surface area contributed by atoms with Gasteiger partial charge in [-0.1, -0.05) is 13.0 Å². The third-order valence-electron chi connectivity index (χ3n) is 1.13. The number of nitro groups is 1. The van der Waals surface area contributed by atoms with E-state index >= 15 is 0 Å². The Hall–Kier alpha value is -0.276. The van der Waals surface area contributed by atoms with Crippen LogP contribution in [-0.4, -0.2) is 4.92 Å². The Balaban J connectivity index is 0.000001000. The molecular formula is C7H6NO2Y+2. The fraction of sp³-hybridized carbons (Fsp3) is 0.143. The van der Waals surface area contributed by atoms with E-state index in [1.165, 1.54) is 12.1 Å². The van der Waals surface area contributed by atoms with Gasteiger partial charge in [0.1, 0.15) is 0 Å². The van der Waals surface area contributed by atoms with E-state index in [9.17, 15) is 10.1 Å². The maximum Gasteiger partial charge on any atom is 3.00 e. The molecule has 1 rings (SSSR count). The first-order valence-corrected chi connectivity index (χ1v) is 2.82. The summed E-state index contributed by atoms with van der Waals surface area (Å²) in [7, 11) is 0. The van der Waals surface area contributed by atoms with Gasteiger partial charge in [0.2, 0.25) is 0 Å². The van der Waals surface area contributed by atoms with Crippen molar-refractivity contribution in [1.29, 1.82) is 0 Å². The minimum atomic E-state index is -0.427. The quantitative estimate of drug-likeness (QED) is 0.414. The van der Waals surface area contributed by atoms with Gasteiger partial charge in [-0.3, -0.25) is 10.1 Å². The fourth-order valence-electron chi connectivity index (χ4n) is 0.680. The second-order valence-electron chi connectivity index (χ2n) is 2.03. The number of nitrogens with zero attached hydrogens (tertiary/aromatic N) is 1.